The van der Waals surface area contributed by atoms with Crippen LogP contribution in [0.25, 0.3) is 0 Å². The second kappa shape index (κ2) is 5.76. The van der Waals surface area contributed by atoms with E-state index in [1.807, 2.05) is 29.7 Å². The minimum atomic E-state index is 0.989. The van der Waals surface area contributed by atoms with Crippen LogP contribution in [0, 0.1) is 0 Å². The second-order valence-corrected chi connectivity index (χ2v) is 5.37. The highest BCUT2D eigenvalue weighted by Crippen LogP contribution is 2.11. The van der Waals surface area contributed by atoms with E-state index < -0.39 is 0 Å². The SMILES string of the molecule is Cn1cc2c(n1)CCNC2.Cn1ncc2c1CCNC2. The van der Waals surface area contributed by atoms with Gasteiger partial charge in [0, 0.05) is 76.1 Å². The Morgan fingerprint density at radius 1 is 1.05 bits per heavy atom. The summed E-state index contributed by atoms with van der Waals surface area (Å²) in [5.74, 6) is 0. The Kier molecular flexibility index (Phi) is 3.84. The Balaban J connectivity index is 0.000000121. The van der Waals surface area contributed by atoms with Gasteiger partial charge in [-0.2, -0.15) is 10.2 Å². The van der Waals surface area contributed by atoms with Crippen molar-refractivity contribution >= 4 is 0 Å². The Labute approximate surface area is 119 Å². The number of hydrogen-bond acceptors (Lipinski definition) is 4. The molecule has 0 fully saturated rings. The molecule has 2 aliphatic heterocycles. The quantitative estimate of drug-likeness (QED) is 0.717. The average Bonchev–Trinajstić information content (AvgIpc) is 3.02. The summed E-state index contributed by atoms with van der Waals surface area (Å²) in [4.78, 5) is 0. The fourth-order valence-electron chi connectivity index (χ4n) is 2.78. The van der Waals surface area contributed by atoms with E-state index >= 15 is 0 Å². The van der Waals surface area contributed by atoms with E-state index in [4.69, 9.17) is 0 Å². The first kappa shape index (κ1) is 13.3. The van der Waals surface area contributed by atoms with E-state index in [0.29, 0.717) is 0 Å². The van der Waals surface area contributed by atoms with Crippen LogP contribution in [0.5, 0.6) is 0 Å². The first-order chi connectivity index (χ1) is 9.74. The highest BCUT2D eigenvalue weighted by atomic mass is 15.3. The van der Waals surface area contributed by atoms with Crippen LogP contribution in [-0.2, 0) is 40.0 Å². The molecule has 0 bridgehead atoms. The molecule has 0 atom stereocenters. The van der Waals surface area contributed by atoms with Gasteiger partial charge < -0.3 is 10.6 Å². The Morgan fingerprint density at radius 2 is 1.80 bits per heavy atom. The van der Waals surface area contributed by atoms with Gasteiger partial charge in [-0.25, -0.2) is 0 Å². The summed E-state index contributed by atoms with van der Waals surface area (Å²) in [7, 11) is 3.97. The maximum Gasteiger partial charge on any atom is 0.0682 e. The largest absolute Gasteiger partial charge is 0.312 e. The van der Waals surface area contributed by atoms with Crippen molar-refractivity contribution in [1.29, 1.82) is 0 Å². The first-order valence-corrected chi connectivity index (χ1v) is 7.16. The molecule has 0 amide bonds. The van der Waals surface area contributed by atoms with Gasteiger partial charge in [-0.15, -0.1) is 0 Å². The molecular weight excluding hydrogens is 252 g/mol. The van der Waals surface area contributed by atoms with Gasteiger partial charge in [0.25, 0.3) is 0 Å². The summed E-state index contributed by atoms with van der Waals surface area (Å²) in [6.07, 6.45) is 6.23. The van der Waals surface area contributed by atoms with E-state index in [0.717, 1.165) is 39.0 Å². The molecule has 20 heavy (non-hydrogen) atoms. The summed E-state index contributed by atoms with van der Waals surface area (Å²) >= 11 is 0. The van der Waals surface area contributed by atoms with Gasteiger partial charge in [0.05, 0.1) is 11.9 Å². The van der Waals surface area contributed by atoms with E-state index in [2.05, 4.69) is 27.0 Å². The topological polar surface area (TPSA) is 59.7 Å². The van der Waals surface area contributed by atoms with Crippen molar-refractivity contribution in [3.05, 3.63) is 34.9 Å². The third kappa shape index (κ3) is 2.76. The molecule has 2 aromatic rings. The van der Waals surface area contributed by atoms with Gasteiger partial charge in [-0.1, -0.05) is 0 Å². The summed E-state index contributed by atoms with van der Waals surface area (Å²) in [6, 6.07) is 0. The van der Waals surface area contributed by atoms with Gasteiger partial charge in [-0.3, -0.25) is 9.36 Å². The van der Waals surface area contributed by atoms with Crippen LogP contribution in [0.2, 0.25) is 0 Å². The molecule has 0 saturated carbocycles. The van der Waals surface area contributed by atoms with Gasteiger partial charge in [0.15, 0.2) is 0 Å². The number of aryl methyl sites for hydroxylation is 2. The van der Waals surface area contributed by atoms with Crippen LogP contribution < -0.4 is 10.6 Å². The van der Waals surface area contributed by atoms with E-state index in [1.54, 1.807) is 0 Å². The lowest BCUT2D eigenvalue weighted by Gasteiger charge is -2.12. The number of fused-ring (bicyclic) bond motifs is 2. The summed E-state index contributed by atoms with van der Waals surface area (Å²) in [6.45, 7) is 4.14. The lowest BCUT2D eigenvalue weighted by molar-refractivity contribution is 0.604. The Morgan fingerprint density at radius 3 is 2.55 bits per heavy atom. The third-order valence-electron chi connectivity index (χ3n) is 3.85. The minimum absolute atomic E-state index is 0.989. The number of nitrogens with one attached hydrogen (secondary N) is 2. The predicted molar refractivity (Wildman–Crippen MR) is 77.2 cm³/mol. The molecule has 0 aliphatic carbocycles. The molecule has 0 spiro atoms. The molecule has 2 aromatic heterocycles. The van der Waals surface area contributed by atoms with Crippen molar-refractivity contribution in [1.82, 2.24) is 30.2 Å². The van der Waals surface area contributed by atoms with E-state index in [1.165, 1.54) is 22.5 Å². The standard InChI is InChI=1S/2C7H11N3/c1-10-5-6-4-8-3-2-7(6)9-10;1-10-7-2-3-8-4-6(7)5-9-10/h2*5,8H,2-4H2,1H3. The fraction of sp³-hybridized carbons (Fsp3) is 0.571. The zero-order valence-corrected chi connectivity index (χ0v) is 12.2. The van der Waals surface area contributed by atoms with Crippen LogP contribution >= 0.6 is 0 Å². The lowest BCUT2D eigenvalue weighted by atomic mass is 10.1. The zero-order chi connectivity index (χ0) is 13.9. The zero-order valence-electron chi connectivity index (χ0n) is 12.2. The maximum atomic E-state index is 4.33. The number of rotatable bonds is 0. The summed E-state index contributed by atoms with van der Waals surface area (Å²) in [5.41, 5.74) is 5.36. The highest BCUT2D eigenvalue weighted by molar-refractivity contribution is 5.20. The first-order valence-electron chi connectivity index (χ1n) is 7.16. The van der Waals surface area contributed by atoms with Crippen LogP contribution in [0.15, 0.2) is 12.4 Å². The van der Waals surface area contributed by atoms with Gasteiger partial charge >= 0.3 is 0 Å². The van der Waals surface area contributed by atoms with Gasteiger partial charge in [-0.05, 0) is 0 Å². The molecule has 0 radical (unpaired) electrons. The molecular formula is C14H22N6. The van der Waals surface area contributed by atoms with E-state index in [9.17, 15) is 0 Å². The van der Waals surface area contributed by atoms with Crippen molar-refractivity contribution < 1.29 is 0 Å². The van der Waals surface area contributed by atoms with Crippen LogP contribution in [0.1, 0.15) is 22.5 Å². The predicted octanol–water partition coefficient (Wildman–Crippen LogP) is 0.132. The molecule has 4 rings (SSSR count). The van der Waals surface area contributed by atoms with Crippen molar-refractivity contribution in [2.24, 2.45) is 14.1 Å². The Bertz CT molecular complexity index is 556. The second-order valence-electron chi connectivity index (χ2n) is 5.37. The van der Waals surface area contributed by atoms with Crippen LogP contribution in [0.4, 0.5) is 0 Å². The number of hydrogen-bond donors (Lipinski definition) is 2. The van der Waals surface area contributed by atoms with Crippen LogP contribution in [0.3, 0.4) is 0 Å². The molecule has 4 heterocycles. The monoisotopic (exact) mass is 274 g/mol. The van der Waals surface area contributed by atoms with Gasteiger partial charge in [0.2, 0.25) is 0 Å². The van der Waals surface area contributed by atoms with Crippen molar-refractivity contribution in [2.75, 3.05) is 13.1 Å². The molecule has 2 aliphatic rings. The van der Waals surface area contributed by atoms with Crippen molar-refractivity contribution in [2.45, 2.75) is 25.9 Å². The van der Waals surface area contributed by atoms with Gasteiger partial charge in [0.1, 0.15) is 0 Å². The summed E-state index contributed by atoms with van der Waals surface area (Å²) in [5, 5.41) is 15.1. The molecule has 6 nitrogen and oxygen atoms in total. The Hall–Kier alpha value is -1.66. The number of aromatic nitrogens is 4. The van der Waals surface area contributed by atoms with Crippen molar-refractivity contribution in [3.63, 3.8) is 0 Å². The minimum Gasteiger partial charge on any atom is -0.312 e. The van der Waals surface area contributed by atoms with Crippen molar-refractivity contribution in [3.8, 4) is 0 Å². The van der Waals surface area contributed by atoms with E-state index in [-0.39, 0.29) is 0 Å². The lowest BCUT2D eigenvalue weighted by Crippen LogP contribution is -2.24. The van der Waals surface area contributed by atoms with Crippen LogP contribution in [-0.4, -0.2) is 32.7 Å². The highest BCUT2D eigenvalue weighted by Gasteiger charge is 2.11. The smallest absolute Gasteiger partial charge is 0.0682 e. The molecule has 6 heteroatoms. The number of nitrogens with zero attached hydrogens (tertiary/aromatic N) is 4. The molecule has 0 unspecified atom stereocenters. The summed E-state index contributed by atoms with van der Waals surface area (Å²) < 4.78 is 3.85. The fourth-order valence-corrected chi connectivity index (χ4v) is 2.78. The molecule has 108 valence electrons. The third-order valence-corrected chi connectivity index (χ3v) is 3.85. The molecule has 2 N–H and O–H groups in total. The maximum absolute atomic E-state index is 4.33. The average molecular weight is 274 g/mol. The normalized spacial score (nSPS) is 16.9. The molecule has 0 aromatic carbocycles. The molecule has 0 saturated heterocycles.